The van der Waals surface area contributed by atoms with E-state index < -0.39 is 12.3 Å². The molecule has 0 aromatic carbocycles. The van der Waals surface area contributed by atoms with Crippen LogP contribution in [0.4, 0.5) is 8.78 Å². The number of aromatic nitrogens is 4. The van der Waals surface area contributed by atoms with Crippen LogP contribution >= 0.6 is 0 Å². The van der Waals surface area contributed by atoms with E-state index in [2.05, 4.69) is 15.2 Å². The molecular formula is C16H13F2N5O2. The number of carbonyl (C=O) groups is 1. The minimum Gasteiger partial charge on any atom is -0.415 e. The highest BCUT2D eigenvalue weighted by atomic mass is 19.3. The topological polar surface area (TPSA) is 77.1 Å². The van der Waals surface area contributed by atoms with Gasteiger partial charge in [-0.25, -0.2) is 0 Å². The Balaban J connectivity index is 1.60. The summed E-state index contributed by atoms with van der Waals surface area (Å²) in [6, 6.07) is 5.41. The SMILES string of the molecule is Cn1cccc1CN1Cc2ncc(-c3nnc(C(F)F)o3)cc2C1=O. The molecule has 1 aliphatic heterocycles. The van der Waals surface area contributed by atoms with Crippen molar-refractivity contribution in [3.8, 4) is 11.5 Å². The molecule has 0 fully saturated rings. The molecule has 0 spiro atoms. The van der Waals surface area contributed by atoms with Gasteiger partial charge in [0.1, 0.15) is 0 Å². The number of hydrogen-bond acceptors (Lipinski definition) is 5. The van der Waals surface area contributed by atoms with Gasteiger partial charge in [0.15, 0.2) is 0 Å². The molecule has 128 valence electrons. The molecule has 0 atom stereocenters. The van der Waals surface area contributed by atoms with E-state index in [1.54, 1.807) is 11.0 Å². The first-order chi connectivity index (χ1) is 12.0. The van der Waals surface area contributed by atoms with Gasteiger partial charge in [0, 0.05) is 25.1 Å². The molecule has 1 amide bonds. The Hall–Kier alpha value is -3.10. The second-order valence-electron chi connectivity index (χ2n) is 5.74. The Bertz CT molecular complexity index is 950. The van der Waals surface area contributed by atoms with Crippen molar-refractivity contribution < 1.29 is 18.0 Å². The van der Waals surface area contributed by atoms with Crippen molar-refractivity contribution in [2.75, 3.05) is 0 Å². The van der Waals surface area contributed by atoms with Crippen LogP contribution in [0.5, 0.6) is 0 Å². The first kappa shape index (κ1) is 15.4. The lowest BCUT2D eigenvalue weighted by Crippen LogP contribution is -2.24. The van der Waals surface area contributed by atoms with Gasteiger partial charge in [0.25, 0.3) is 11.8 Å². The summed E-state index contributed by atoms with van der Waals surface area (Å²) in [6.45, 7) is 0.857. The van der Waals surface area contributed by atoms with Gasteiger partial charge in [-0.3, -0.25) is 9.78 Å². The van der Waals surface area contributed by atoms with Crippen molar-refractivity contribution in [1.29, 1.82) is 0 Å². The molecule has 0 radical (unpaired) electrons. The molecule has 1 aliphatic rings. The second kappa shape index (κ2) is 5.76. The van der Waals surface area contributed by atoms with Crippen LogP contribution in [0.3, 0.4) is 0 Å². The zero-order valence-corrected chi connectivity index (χ0v) is 13.2. The van der Waals surface area contributed by atoms with E-state index in [9.17, 15) is 13.6 Å². The lowest BCUT2D eigenvalue weighted by Gasteiger charge is -2.15. The summed E-state index contributed by atoms with van der Waals surface area (Å²) in [5, 5.41) is 6.87. The highest BCUT2D eigenvalue weighted by Crippen LogP contribution is 2.28. The number of amides is 1. The lowest BCUT2D eigenvalue weighted by molar-refractivity contribution is 0.0763. The fraction of sp³-hybridized carbons (Fsp3) is 0.250. The van der Waals surface area contributed by atoms with E-state index in [0.29, 0.717) is 29.9 Å². The van der Waals surface area contributed by atoms with E-state index in [-0.39, 0.29) is 11.8 Å². The van der Waals surface area contributed by atoms with Crippen LogP contribution in [0.1, 0.15) is 34.1 Å². The molecule has 25 heavy (non-hydrogen) atoms. The summed E-state index contributed by atoms with van der Waals surface area (Å²) in [4.78, 5) is 18.6. The van der Waals surface area contributed by atoms with Gasteiger partial charge in [-0.2, -0.15) is 8.78 Å². The highest BCUT2D eigenvalue weighted by Gasteiger charge is 2.30. The van der Waals surface area contributed by atoms with Crippen molar-refractivity contribution in [3.63, 3.8) is 0 Å². The van der Waals surface area contributed by atoms with Gasteiger partial charge in [0.2, 0.25) is 5.89 Å². The number of hydrogen-bond donors (Lipinski definition) is 0. The molecule has 4 rings (SSSR count). The summed E-state index contributed by atoms with van der Waals surface area (Å²) in [5.74, 6) is -1.01. The third-order valence-electron chi connectivity index (χ3n) is 4.11. The molecule has 0 aliphatic carbocycles. The van der Waals surface area contributed by atoms with Crippen molar-refractivity contribution >= 4 is 5.91 Å². The molecule has 7 nitrogen and oxygen atoms in total. The number of carbonyl (C=O) groups excluding carboxylic acids is 1. The van der Waals surface area contributed by atoms with E-state index >= 15 is 0 Å². The first-order valence-corrected chi connectivity index (χ1v) is 7.53. The Labute approximate surface area is 140 Å². The molecule has 3 aromatic heterocycles. The standard InChI is InChI=1S/C16H13F2N5O2/c1-22-4-2-3-10(22)7-23-8-12-11(16(23)24)5-9(6-19-12)14-20-21-15(25-14)13(17)18/h2-6,13H,7-8H2,1H3. The van der Waals surface area contributed by atoms with Crippen LogP contribution in [-0.2, 0) is 20.1 Å². The molecule has 9 heteroatoms. The molecular weight excluding hydrogens is 332 g/mol. The summed E-state index contributed by atoms with van der Waals surface area (Å²) < 4.78 is 32.0. The number of rotatable bonds is 4. The van der Waals surface area contributed by atoms with Gasteiger partial charge >= 0.3 is 6.43 Å². The third-order valence-corrected chi connectivity index (χ3v) is 4.11. The monoisotopic (exact) mass is 345 g/mol. The van der Waals surface area contributed by atoms with E-state index in [1.807, 2.05) is 29.9 Å². The zero-order chi connectivity index (χ0) is 17.6. The van der Waals surface area contributed by atoms with Crippen LogP contribution in [0.2, 0.25) is 0 Å². The number of alkyl halides is 2. The van der Waals surface area contributed by atoms with E-state index in [1.165, 1.54) is 6.20 Å². The molecule has 0 N–H and O–H groups in total. The van der Waals surface area contributed by atoms with Crippen molar-refractivity contribution in [3.05, 3.63) is 53.4 Å². The zero-order valence-electron chi connectivity index (χ0n) is 13.2. The van der Waals surface area contributed by atoms with E-state index in [0.717, 1.165) is 5.69 Å². The van der Waals surface area contributed by atoms with Gasteiger partial charge < -0.3 is 13.9 Å². The Morgan fingerprint density at radius 3 is 2.88 bits per heavy atom. The van der Waals surface area contributed by atoms with E-state index in [4.69, 9.17) is 4.42 Å². The van der Waals surface area contributed by atoms with Gasteiger partial charge in [-0.05, 0) is 18.2 Å². The highest BCUT2D eigenvalue weighted by molar-refractivity contribution is 5.98. The predicted octanol–water partition coefficient (Wildman–Crippen LogP) is 2.56. The molecule has 0 bridgehead atoms. The molecule has 0 saturated carbocycles. The Morgan fingerprint density at radius 1 is 1.36 bits per heavy atom. The lowest BCUT2D eigenvalue weighted by atomic mass is 10.1. The summed E-state index contributed by atoms with van der Waals surface area (Å²) >= 11 is 0. The fourth-order valence-electron chi connectivity index (χ4n) is 2.77. The van der Waals surface area contributed by atoms with Gasteiger partial charge in [0.05, 0.1) is 29.9 Å². The van der Waals surface area contributed by atoms with Crippen LogP contribution in [0, 0.1) is 0 Å². The predicted molar refractivity (Wildman–Crippen MR) is 81.5 cm³/mol. The Morgan fingerprint density at radius 2 is 2.20 bits per heavy atom. The molecule has 3 aromatic rings. The summed E-state index contributed by atoms with van der Waals surface area (Å²) in [5.41, 5.74) is 2.40. The molecule has 0 saturated heterocycles. The third kappa shape index (κ3) is 2.67. The quantitative estimate of drug-likeness (QED) is 0.726. The van der Waals surface area contributed by atoms with Gasteiger partial charge in [-0.1, -0.05) is 0 Å². The molecule has 4 heterocycles. The van der Waals surface area contributed by atoms with Crippen molar-refractivity contribution in [2.45, 2.75) is 19.5 Å². The Kier molecular flexibility index (Phi) is 3.56. The fourth-order valence-corrected chi connectivity index (χ4v) is 2.77. The van der Waals surface area contributed by atoms with Crippen LogP contribution in [0.15, 0.2) is 35.0 Å². The minimum atomic E-state index is -2.84. The average Bonchev–Trinajstić information content (AvgIpc) is 3.29. The van der Waals surface area contributed by atoms with Crippen LogP contribution in [-0.4, -0.2) is 30.6 Å². The number of aryl methyl sites for hydroxylation is 1. The first-order valence-electron chi connectivity index (χ1n) is 7.53. The maximum atomic E-state index is 12.6. The van der Waals surface area contributed by atoms with Crippen molar-refractivity contribution in [2.24, 2.45) is 7.05 Å². The average molecular weight is 345 g/mol. The maximum Gasteiger partial charge on any atom is 0.314 e. The number of nitrogens with zero attached hydrogens (tertiary/aromatic N) is 5. The maximum absolute atomic E-state index is 12.6. The van der Waals surface area contributed by atoms with Crippen molar-refractivity contribution in [1.82, 2.24) is 24.6 Å². The summed E-state index contributed by atoms with van der Waals surface area (Å²) in [7, 11) is 1.91. The largest absolute Gasteiger partial charge is 0.415 e. The second-order valence-corrected chi connectivity index (χ2v) is 5.74. The summed E-state index contributed by atoms with van der Waals surface area (Å²) in [6.07, 6.45) is 0.516. The van der Waals surface area contributed by atoms with Gasteiger partial charge in [-0.15, -0.1) is 10.2 Å². The smallest absolute Gasteiger partial charge is 0.314 e. The van der Waals surface area contributed by atoms with Crippen LogP contribution < -0.4 is 0 Å². The number of halogens is 2. The number of pyridine rings is 1. The molecule has 0 unspecified atom stereocenters. The minimum absolute atomic E-state index is 0.0840. The number of fused-ring (bicyclic) bond motifs is 1. The normalized spacial score (nSPS) is 13.8. The van der Waals surface area contributed by atoms with Crippen LogP contribution in [0.25, 0.3) is 11.5 Å².